The Morgan fingerprint density at radius 2 is 1.85 bits per heavy atom. The predicted molar refractivity (Wildman–Crippen MR) is 110 cm³/mol. The van der Waals surface area contributed by atoms with E-state index in [1.165, 1.54) is 0 Å². The Bertz CT molecular complexity index is 892. The van der Waals surface area contributed by atoms with Crippen LogP contribution in [0.4, 0.5) is 17.5 Å². The van der Waals surface area contributed by atoms with Gasteiger partial charge in [0.2, 0.25) is 5.95 Å². The molecule has 0 saturated heterocycles. The predicted octanol–water partition coefficient (Wildman–Crippen LogP) is 3.61. The second-order valence-electron chi connectivity index (χ2n) is 5.61. The lowest BCUT2D eigenvalue weighted by Crippen LogP contribution is -2.08. The van der Waals surface area contributed by atoms with Gasteiger partial charge in [0.1, 0.15) is 17.3 Å². The van der Waals surface area contributed by atoms with Gasteiger partial charge in [0, 0.05) is 24.6 Å². The van der Waals surface area contributed by atoms with Gasteiger partial charge in [-0.15, -0.1) is 12.4 Å². The fraction of sp³-hybridized carbons (Fsp3) is 0.263. The van der Waals surface area contributed by atoms with Crippen molar-refractivity contribution in [2.24, 2.45) is 0 Å². The molecule has 7 nitrogen and oxygen atoms in total. The number of aliphatic hydroxyl groups is 1. The van der Waals surface area contributed by atoms with Gasteiger partial charge in [-0.25, -0.2) is 4.98 Å². The van der Waals surface area contributed by atoms with Crippen molar-refractivity contribution in [1.29, 1.82) is 0 Å². The lowest BCUT2D eigenvalue weighted by atomic mass is 10.2. The van der Waals surface area contributed by atoms with Crippen LogP contribution in [0, 0.1) is 0 Å². The van der Waals surface area contributed by atoms with Crippen molar-refractivity contribution >= 4 is 40.8 Å². The quantitative estimate of drug-likeness (QED) is 0.506. The Morgan fingerprint density at radius 3 is 2.59 bits per heavy atom. The average Bonchev–Trinajstić information content (AvgIpc) is 2.68. The summed E-state index contributed by atoms with van der Waals surface area (Å²) in [6, 6.07) is 13.3. The minimum Gasteiger partial charge on any atom is -0.497 e. The summed E-state index contributed by atoms with van der Waals surface area (Å²) >= 11 is 0. The Labute approximate surface area is 164 Å². The second-order valence-corrected chi connectivity index (χ2v) is 5.61. The molecule has 0 radical (unpaired) electrons. The Kier molecular flexibility index (Phi) is 7.45. The number of anilines is 3. The van der Waals surface area contributed by atoms with Gasteiger partial charge in [-0.05, 0) is 30.7 Å². The number of para-hydroxylation sites is 1. The first kappa shape index (κ1) is 20.5. The van der Waals surface area contributed by atoms with Crippen molar-refractivity contribution < 1.29 is 14.6 Å². The molecule has 0 unspecified atom stereocenters. The number of halogens is 1. The average molecular weight is 391 g/mol. The maximum Gasteiger partial charge on any atom is 0.229 e. The molecule has 0 aliphatic carbocycles. The summed E-state index contributed by atoms with van der Waals surface area (Å²) in [4.78, 5) is 9.17. The van der Waals surface area contributed by atoms with Crippen molar-refractivity contribution in [3.05, 3.63) is 42.5 Å². The van der Waals surface area contributed by atoms with E-state index in [1.807, 2.05) is 42.5 Å². The maximum absolute atomic E-state index is 9.00. The van der Waals surface area contributed by atoms with E-state index in [0.717, 1.165) is 10.9 Å². The van der Waals surface area contributed by atoms with E-state index in [-0.39, 0.29) is 19.0 Å². The van der Waals surface area contributed by atoms with Gasteiger partial charge >= 0.3 is 0 Å². The summed E-state index contributed by atoms with van der Waals surface area (Å²) in [5.41, 5.74) is 1.53. The molecule has 0 amide bonds. The second kappa shape index (κ2) is 9.80. The largest absolute Gasteiger partial charge is 0.497 e. The van der Waals surface area contributed by atoms with Crippen LogP contribution in [0.1, 0.15) is 6.42 Å². The first-order valence-corrected chi connectivity index (χ1v) is 8.35. The third-order valence-electron chi connectivity index (χ3n) is 3.88. The molecule has 3 aromatic rings. The van der Waals surface area contributed by atoms with Crippen LogP contribution in [0.2, 0.25) is 0 Å². The topological polar surface area (TPSA) is 88.5 Å². The molecule has 0 aliphatic heterocycles. The molecule has 0 aliphatic rings. The molecule has 2 aromatic carbocycles. The number of nitrogens with zero attached hydrogens (tertiary/aromatic N) is 2. The van der Waals surface area contributed by atoms with Gasteiger partial charge in [0.05, 0.1) is 25.4 Å². The van der Waals surface area contributed by atoms with Gasteiger partial charge in [0.15, 0.2) is 0 Å². The normalized spacial score (nSPS) is 10.2. The molecule has 1 aromatic heterocycles. The summed E-state index contributed by atoms with van der Waals surface area (Å²) in [6.07, 6.45) is 0.644. The Morgan fingerprint density at radius 1 is 1.04 bits per heavy atom. The highest BCUT2D eigenvalue weighted by atomic mass is 35.5. The van der Waals surface area contributed by atoms with E-state index >= 15 is 0 Å². The minimum atomic E-state index is 0. The molecular formula is C19H23ClN4O3. The third kappa shape index (κ3) is 4.90. The molecule has 0 bridgehead atoms. The summed E-state index contributed by atoms with van der Waals surface area (Å²) in [5, 5.41) is 16.4. The fourth-order valence-electron chi connectivity index (χ4n) is 2.59. The maximum atomic E-state index is 9.00. The van der Waals surface area contributed by atoms with Crippen LogP contribution in [0.25, 0.3) is 10.9 Å². The van der Waals surface area contributed by atoms with Gasteiger partial charge in [-0.1, -0.05) is 12.1 Å². The van der Waals surface area contributed by atoms with Crippen LogP contribution >= 0.6 is 12.4 Å². The van der Waals surface area contributed by atoms with E-state index in [2.05, 4.69) is 20.6 Å². The van der Waals surface area contributed by atoms with Gasteiger partial charge in [-0.3, -0.25) is 0 Å². The number of rotatable bonds is 8. The monoisotopic (exact) mass is 390 g/mol. The van der Waals surface area contributed by atoms with E-state index in [1.54, 1.807) is 14.2 Å². The zero-order valence-corrected chi connectivity index (χ0v) is 16.0. The Hall–Kier alpha value is -2.77. The minimum absolute atomic E-state index is 0. The zero-order chi connectivity index (χ0) is 18.4. The van der Waals surface area contributed by atoms with Crippen LogP contribution < -0.4 is 20.1 Å². The van der Waals surface area contributed by atoms with Crippen LogP contribution in [0.5, 0.6) is 11.5 Å². The van der Waals surface area contributed by atoms with Crippen molar-refractivity contribution in [3.63, 3.8) is 0 Å². The first-order valence-electron chi connectivity index (χ1n) is 8.35. The van der Waals surface area contributed by atoms with E-state index in [4.69, 9.17) is 14.6 Å². The highest BCUT2D eigenvalue weighted by Crippen LogP contribution is 2.31. The van der Waals surface area contributed by atoms with Gasteiger partial charge in [0.25, 0.3) is 0 Å². The number of ether oxygens (including phenoxy) is 2. The number of nitrogens with one attached hydrogen (secondary N) is 2. The molecule has 144 valence electrons. The van der Waals surface area contributed by atoms with Crippen LogP contribution in [-0.4, -0.2) is 42.4 Å². The van der Waals surface area contributed by atoms with E-state index in [0.29, 0.717) is 41.9 Å². The molecule has 8 heteroatoms. The lowest BCUT2D eigenvalue weighted by Gasteiger charge is -2.14. The van der Waals surface area contributed by atoms with Crippen molar-refractivity contribution in [1.82, 2.24) is 9.97 Å². The number of benzene rings is 2. The summed E-state index contributed by atoms with van der Waals surface area (Å²) in [7, 11) is 3.22. The molecule has 3 N–H and O–H groups in total. The van der Waals surface area contributed by atoms with Crippen LogP contribution in [0.3, 0.4) is 0 Å². The SMILES string of the molecule is COc1ccc(OC)c(Nc2nc(NCCCO)c3ccccc3n2)c1.Cl. The van der Waals surface area contributed by atoms with E-state index < -0.39 is 0 Å². The molecule has 0 spiro atoms. The van der Waals surface area contributed by atoms with Crippen molar-refractivity contribution in [2.45, 2.75) is 6.42 Å². The molecule has 1 heterocycles. The smallest absolute Gasteiger partial charge is 0.229 e. The van der Waals surface area contributed by atoms with Gasteiger partial charge < -0.3 is 25.2 Å². The highest BCUT2D eigenvalue weighted by Gasteiger charge is 2.11. The number of aromatic nitrogens is 2. The lowest BCUT2D eigenvalue weighted by molar-refractivity contribution is 0.292. The molecule has 0 atom stereocenters. The summed E-state index contributed by atoms with van der Waals surface area (Å²) in [5.74, 6) is 2.53. The summed E-state index contributed by atoms with van der Waals surface area (Å²) < 4.78 is 10.7. The number of hydrogen-bond donors (Lipinski definition) is 3. The van der Waals surface area contributed by atoms with Gasteiger partial charge in [-0.2, -0.15) is 4.98 Å². The molecular weight excluding hydrogens is 368 g/mol. The number of fused-ring (bicyclic) bond motifs is 1. The molecule has 0 fully saturated rings. The van der Waals surface area contributed by atoms with Crippen molar-refractivity contribution in [3.8, 4) is 11.5 Å². The van der Waals surface area contributed by atoms with Crippen molar-refractivity contribution in [2.75, 3.05) is 38.0 Å². The Balaban J connectivity index is 0.00000261. The first-order chi connectivity index (χ1) is 12.7. The standard InChI is InChI=1S/C19H22N4O3.ClH/c1-25-13-8-9-17(26-2)16(12-13)22-19-21-15-7-4-3-6-14(15)18(23-19)20-10-5-11-24;/h3-4,6-9,12,24H,5,10-11H2,1-2H3,(H2,20,21,22,23);1H. The van der Waals surface area contributed by atoms with Crippen LogP contribution in [-0.2, 0) is 0 Å². The molecule has 3 rings (SSSR count). The number of methoxy groups -OCH3 is 2. The fourth-order valence-corrected chi connectivity index (χ4v) is 2.59. The highest BCUT2D eigenvalue weighted by molar-refractivity contribution is 5.90. The third-order valence-corrected chi connectivity index (χ3v) is 3.88. The number of hydrogen-bond acceptors (Lipinski definition) is 7. The molecule has 27 heavy (non-hydrogen) atoms. The van der Waals surface area contributed by atoms with E-state index in [9.17, 15) is 0 Å². The number of aliphatic hydroxyl groups excluding tert-OH is 1. The summed E-state index contributed by atoms with van der Waals surface area (Å²) in [6.45, 7) is 0.752. The molecule has 0 saturated carbocycles. The zero-order valence-electron chi connectivity index (χ0n) is 15.2. The van der Waals surface area contributed by atoms with Crippen LogP contribution in [0.15, 0.2) is 42.5 Å².